The van der Waals surface area contributed by atoms with Gasteiger partial charge in [0.05, 0.1) is 12.7 Å². The molecule has 2 N–H and O–H groups in total. The number of furan rings is 1. The zero-order chi connectivity index (χ0) is 17.4. The summed E-state index contributed by atoms with van der Waals surface area (Å²) in [5, 5.41) is 5.18. The van der Waals surface area contributed by atoms with Gasteiger partial charge >= 0.3 is 5.97 Å². The zero-order valence-electron chi connectivity index (χ0n) is 13.2. The van der Waals surface area contributed by atoms with Crippen molar-refractivity contribution in [2.24, 2.45) is 0 Å². The second kappa shape index (κ2) is 8.52. The molecule has 0 bridgehead atoms. The lowest BCUT2D eigenvalue weighted by Crippen LogP contribution is -2.27. The third-order valence-electron chi connectivity index (χ3n) is 3.14. The first kappa shape index (κ1) is 17.3. The van der Waals surface area contributed by atoms with Crippen LogP contribution < -0.4 is 10.6 Å². The van der Waals surface area contributed by atoms with Gasteiger partial charge in [-0.05, 0) is 30.7 Å². The summed E-state index contributed by atoms with van der Waals surface area (Å²) in [5.74, 6) is -1.24. The lowest BCUT2D eigenvalue weighted by Gasteiger charge is -2.08. The highest BCUT2D eigenvalue weighted by Crippen LogP contribution is 2.12. The number of esters is 1. The Hall–Kier alpha value is -3.09. The molecule has 126 valence electrons. The van der Waals surface area contributed by atoms with Gasteiger partial charge in [0.2, 0.25) is 0 Å². The van der Waals surface area contributed by atoms with Gasteiger partial charge in [-0.1, -0.05) is 18.2 Å². The van der Waals surface area contributed by atoms with Crippen LogP contribution in [0.4, 0.5) is 5.69 Å². The molecule has 7 heteroatoms. The van der Waals surface area contributed by atoms with Crippen LogP contribution in [0.1, 0.15) is 22.5 Å². The molecular formula is C17H18N2O5. The first-order chi connectivity index (χ1) is 11.6. The molecule has 1 heterocycles. The fourth-order valence-electron chi connectivity index (χ4n) is 1.89. The summed E-state index contributed by atoms with van der Waals surface area (Å²) in [5.41, 5.74) is 1.59. The minimum atomic E-state index is -0.574. The van der Waals surface area contributed by atoms with E-state index in [1.165, 1.54) is 12.3 Å². The summed E-state index contributed by atoms with van der Waals surface area (Å²) in [6.45, 7) is 1.58. The molecule has 0 radical (unpaired) electrons. The number of ether oxygens (including phenoxy) is 1. The third-order valence-corrected chi connectivity index (χ3v) is 3.14. The summed E-state index contributed by atoms with van der Waals surface area (Å²) >= 11 is 0. The Kier molecular flexibility index (Phi) is 6.13. The molecule has 0 atom stereocenters. The molecule has 0 aliphatic heterocycles. The van der Waals surface area contributed by atoms with Gasteiger partial charge in [0.1, 0.15) is 0 Å². The maximum Gasteiger partial charge on any atom is 0.308 e. The van der Waals surface area contributed by atoms with Gasteiger partial charge in [-0.3, -0.25) is 14.4 Å². The van der Waals surface area contributed by atoms with Gasteiger partial charge in [0.25, 0.3) is 11.8 Å². The average molecular weight is 330 g/mol. The van der Waals surface area contributed by atoms with E-state index in [4.69, 9.17) is 9.15 Å². The predicted octanol–water partition coefficient (Wildman–Crippen LogP) is 1.89. The van der Waals surface area contributed by atoms with E-state index < -0.39 is 17.8 Å². The van der Waals surface area contributed by atoms with Crippen LogP contribution in [0.15, 0.2) is 47.1 Å². The molecule has 0 unspecified atom stereocenters. The van der Waals surface area contributed by atoms with Crippen molar-refractivity contribution in [2.45, 2.75) is 13.3 Å². The normalized spacial score (nSPS) is 10.0. The van der Waals surface area contributed by atoms with Crippen molar-refractivity contribution in [2.75, 3.05) is 18.5 Å². The number of amides is 2. The topological polar surface area (TPSA) is 97.6 Å². The number of carbonyl (C=O) groups is 3. The number of hydrogen-bond donors (Lipinski definition) is 2. The molecule has 0 aliphatic carbocycles. The smallest absolute Gasteiger partial charge is 0.308 e. The van der Waals surface area contributed by atoms with Crippen molar-refractivity contribution in [3.63, 3.8) is 0 Å². The summed E-state index contributed by atoms with van der Waals surface area (Å²) in [4.78, 5) is 34.9. The number of anilines is 1. The molecule has 2 amide bonds. The summed E-state index contributed by atoms with van der Waals surface area (Å²) in [6.07, 6.45) is 1.35. The van der Waals surface area contributed by atoms with Crippen LogP contribution in [-0.2, 0) is 14.3 Å². The van der Waals surface area contributed by atoms with E-state index in [1.54, 1.807) is 18.2 Å². The van der Waals surface area contributed by atoms with E-state index in [2.05, 4.69) is 10.6 Å². The second-order valence-corrected chi connectivity index (χ2v) is 5.01. The molecule has 1 aromatic carbocycles. The Morgan fingerprint density at radius 2 is 1.92 bits per heavy atom. The van der Waals surface area contributed by atoms with E-state index in [0.29, 0.717) is 5.69 Å². The Labute approximate surface area is 139 Å². The molecular weight excluding hydrogens is 312 g/mol. The quantitative estimate of drug-likeness (QED) is 0.756. The van der Waals surface area contributed by atoms with Crippen LogP contribution >= 0.6 is 0 Å². The number of benzene rings is 1. The van der Waals surface area contributed by atoms with Gasteiger partial charge in [0.15, 0.2) is 12.4 Å². The lowest BCUT2D eigenvalue weighted by atomic mass is 10.2. The number of para-hydroxylation sites is 1. The van der Waals surface area contributed by atoms with E-state index in [-0.39, 0.29) is 25.3 Å². The van der Waals surface area contributed by atoms with Gasteiger partial charge < -0.3 is 19.8 Å². The van der Waals surface area contributed by atoms with Gasteiger partial charge in [-0.25, -0.2) is 0 Å². The molecule has 0 fully saturated rings. The molecule has 0 spiro atoms. The fourth-order valence-corrected chi connectivity index (χ4v) is 1.89. The van der Waals surface area contributed by atoms with Crippen molar-refractivity contribution in [1.29, 1.82) is 0 Å². The Balaban J connectivity index is 1.65. The summed E-state index contributed by atoms with van der Waals surface area (Å²) in [6, 6.07) is 10.4. The highest BCUT2D eigenvalue weighted by molar-refractivity contribution is 5.93. The largest absolute Gasteiger partial charge is 0.459 e. The monoisotopic (exact) mass is 330 g/mol. The van der Waals surface area contributed by atoms with Crippen LogP contribution in [-0.4, -0.2) is 30.9 Å². The molecule has 2 rings (SSSR count). The molecule has 24 heavy (non-hydrogen) atoms. The van der Waals surface area contributed by atoms with Crippen molar-refractivity contribution in [1.82, 2.24) is 5.32 Å². The molecule has 0 saturated carbocycles. The predicted molar refractivity (Wildman–Crippen MR) is 86.4 cm³/mol. The standard InChI is InChI=1S/C17H18N2O5/c1-12-5-2-3-6-13(12)19-15(20)11-24-16(21)8-9-18-17(22)14-7-4-10-23-14/h2-7,10H,8-9,11H2,1H3,(H,18,22)(H,19,20). The van der Waals surface area contributed by atoms with Crippen LogP contribution in [0, 0.1) is 6.92 Å². The van der Waals surface area contributed by atoms with Gasteiger partial charge in [-0.15, -0.1) is 0 Å². The van der Waals surface area contributed by atoms with Crippen molar-refractivity contribution in [3.8, 4) is 0 Å². The Bertz CT molecular complexity index is 710. The number of aryl methyl sites for hydroxylation is 1. The van der Waals surface area contributed by atoms with E-state index >= 15 is 0 Å². The number of carbonyl (C=O) groups excluding carboxylic acids is 3. The van der Waals surface area contributed by atoms with Crippen LogP contribution in [0.2, 0.25) is 0 Å². The molecule has 2 aromatic rings. The number of rotatable bonds is 7. The molecule has 7 nitrogen and oxygen atoms in total. The van der Waals surface area contributed by atoms with E-state index in [1.807, 2.05) is 19.1 Å². The number of hydrogen-bond acceptors (Lipinski definition) is 5. The minimum Gasteiger partial charge on any atom is -0.459 e. The minimum absolute atomic E-state index is 0.0376. The third kappa shape index (κ3) is 5.28. The highest BCUT2D eigenvalue weighted by atomic mass is 16.5. The van der Waals surface area contributed by atoms with Crippen molar-refractivity contribution in [3.05, 3.63) is 54.0 Å². The second-order valence-electron chi connectivity index (χ2n) is 5.01. The van der Waals surface area contributed by atoms with Crippen LogP contribution in [0.25, 0.3) is 0 Å². The zero-order valence-corrected chi connectivity index (χ0v) is 13.2. The van der Waals surface area contributed by atoms with Crippen LogP contribution in [0.5, 0.6) is 0 Å². The van der Waals surface area contributed by atoms with E-state index in [9.17, 15) is 14.4 Å². The number of nitrogens with one attached hydrogen (secondary N) is 2. The van der Waals surface area contributed by atoms with E-state index in [0.717, 1.165) is 5.56 Å². The Morgan fingerprint density at radius 1 is 1.12 bits per heavy atom. The van der Waals surface area contributed by atoms with Crippen LogP contribution in [0.3, 0.4) is 0 Å². The highest BCUT2D eigenvalue weighted by Gasteiger charge is 2.11. The van der Waals surface area contributed by atoms with Crippen molar-refractivity contribution < 1.29 is 23.5 Å². The average Bonchev–Trinajstić information content (AvgIpc) is 3.09. The maximum atomic E-state index is 11.7. The summed E-state index contributed by atoms with van der Waals surface area (Å²) in [7, 11) is 0. The Morgan fingerprint density at radius 3 is 2.62 bits per heavy atom. The van der Waals surface area contributed by atoms with Crippen molar-refractivity contribution >= 4 is 23.5 Å². The fraction of sp³-hybridized carbons (Fsp3) is 0.235. The van der Waals surface area contributed by atoms with Gasteiger partial charge in [-0.2, -0.15) is 0 Å². The first-order valence-corrected chi connectivity index (χ1v) is 7.39. The molecule has 0 saturated heterocycles. The molecule has 1 aromatic heterocycles. The maximum absolute atomic E-state index is 11.7. The lowest BCUT2D eigenvalue weighted by molar-refractivity contribution is -0.147. The molecule has 0 aliphatic rings. The first-order valence-electron chi connectivity index (χ1n) is 7.39. The van der Waals surface area contributed by atoms with Gasteiger partial charge in [0, 0.05) is 12.2 Å². The SMILES string of the molecule is Cc1ccccc1NC(=O)COC(=O)CCNC(=O)c1ccco1. The summed E-state index contributed by atoms with van der Waals surface area (Å²) < 4.78 is 9.78.